The van der Waals surface area contributed by atoms with Gasteiger partial charge >= 0.3 is 0 Å². The molecule has 1 aromatic heterocycles. The molecule has 5 rings (SSSR count). The molecule has 3 fully saturated rings. The molecule has 6 atom stereocenters. The van der Waals surface area contributed by atoms with Crippen LogP contribution < -0.4 is 0 Å². The fourth-order valence-corrected chi connectivity index (χ4v) is 7.86. The Morgan fingerprint density at radius 2 is 2.07 bits per heavy atom. The van der Waals surface area contributed by atoms with Gasteiger partial charge in [-0.25, -0.2) is 0 Å². The lowest BCUT2D eigenvalue weighted by Gasteiger charge is -2.57. The van der Waals surface area contributed by atoms with Crippen molar-refractivity contribution in [2.24, 2.45) is 28.6 Å². The molecule has 3 nitrogen and oxygen atoms in total. The molecule has 0 bridgehead atoms. The number of carbonyl (C=O) groups excluding carboxylic acids is 1. The monoisotopic (exact) mass is 378 g/mol. The number of carbonyl (C=O) groups is 1. The minimum Gasteiger partial charge on any atom is -0.339 e. The number of hydrogen-bond acceptors (Lipinski definition) is 2. The number of aromatic nitrogens is 1. The summed E-state index contributed by atoms with van der Waals surface area (Å²) in [4.78, 5) is 19.2. The molecule has 1 saturated heterocycles. The van der Waals surface area contributed by atoms with Gasteiger partial charge in [-0.1, -0.05) is 32.9 Å². The Morgan fingerprint density at radius 1 is 1.21 bits per heavy atom. The predicted molar refractivity (Wildman–Crippen MR) is 112 cm³/mol. The van der Waals surface area contributed by atoms with Gasteiger partial charge in [-0.15, -0.1) is 0 Å². The summed E-state index contributed by atoms with van der Waals surface area (Å²) in [6, 6.07) is 4.79. The van der Waals surface area contributed by atoms with Crippen molar-refractivity contribution in [2.75, 3.05) is 6.54 Å². The minimum absolute atomic E-state index is 0.297. The Kier molecular flexibility index (Phi) is 4.23. The molecule has 1 amide bonds. The molecule has 3 aliphatic carbocycles. The van der Waals surface area contributed by atoms with Crippen LogP contribution in [0.3, 0.4) is 0 Å². The summed E-state index contributed by atoms with van der Waals surface area (Å²) >= 11 is 0. The second kappa shape index (κ2) is 6.43. The Hall–Kier alpha value is -1.64. The van der Waals surface area contributed by atoms with E-state index in [2.05, 4.69) is 48.1 Å². The van der Waals surface area contributed by atoms with E-state index in [9.17, 15) is 4.79 Å². The summed E-state index contributed by atoms with van der Waals surface area (Å²) in [6.07, 6.45) is 14.6. The van der Waals surface area contributed by atoms with Crippen LogP contribution >= 0.6 is 0 Å². The molecular formula is C25H34N2O. The molecule has 4 aliphatic rings. The number of allylic oxidation sites excluding steroid dienone is 2. The van der Waals surface area contributed by atoms with Gasteiger partial charge in [-0.05, 0) is 84.3 Å². The van der Waals surface area contributed by atoms with E-state index in [4.69, 9.17) is 0 Å². The van der Waals surface area contributed by atoms with Gasteiger partial charge < -0.3 is 4.90 Å². The molecule has 3 heteroatoms. The van der Waals surface area contributed by atoms with Crippen LogP contribution in [0.1, 0.15) is 71.3 Å². The maximum atomic E-state index is 12.5. The van der Waals surface area contributed by atoms with Crippen molar-refractivity contribution in [3.8, 4) is 0 Å². The van der Waals surface area contributed by atoms with Crippen LogP contribution in [-0.2, 0) is 4.79 Å². The first-order chi connectivity index (χ1) is 13.5. The summed E-state index contributed by atoms with van der Waals surface area (Å²) < 4.78 is 0. The molecule has 0 radical (unpaired) electrons. The highest BCUT2D eigenvalue weighted by Gasteiger charge is 2.60. The fourth-order valence-electron chi connectivity index (χ4n) is 7.86. The minimum atomic E-state index is 0.297. The first-order valence-corrected chi connectivity index (χ1v) is 11.4. The van der Waals surface area contributed by atoms with Crippen molar-refractivity contribution in [2.45, 2.75) is 71.8 Å². The largest absolute Gasteiger partial charge is 0.339 e. The summed E-state index contributed by atoms with van der Waals surface area (Å²) in [5.74, 6) is 2.71. The first-order valence-electron chi connectivity index (χ1n) is 11.4. The van der Waals surface area contributed by atoms with Crippen LogP contribution in [0.25, 0.3) is 5.57 Å². The zero-order chi connectivity index (χ0) is 19.5. The molecule has 1 aliphatic heterocycles. The molecule has 0 N–H and O–H groups in total. The van der Waals surface area contributed by atoms with Crippen molar-refractivity contribution in [1.82, 2.24) is 9.88 Å². The average Bonchev–Trinajstić information content (AvgIpc) is 3.25. The van der Waals surface area contributed by atoms with Gasteiger partial charge in [0.2, 0.25) is 5.91 Å². The number of hydrogen-bond donors (Lipinski definition) is 0. The van der Waals surface area contributed by atoms with Gasteiger partial charge in [0.15, 0.2) is 0 Å². The third kappa shape index (κ3) is 2.40. The lowest BCUT2D eigenvalue weighted by Crippen LogP contribution is -2.54. The first kappa shape index (κ1) is 18.4. The van der Waals surface area contributed by atoms with E-state index in [0.717, 1.165) is 24.3 Å². The molecule has 1 aromatic rings. The van der Waals surface area contributed by atoms with Crippen LogP contribution in [0.15, 0.2) is 30.6 Å². The Bertz CT molecular complexity index is 802. The van der Waals surface area contributed by atoms with Gasteiger partial charge in [0.25, 0.3) is 0 Å². The van der Waals surface area contributed by atoms with Gasteiger partial charge in [0.1, 0.15) is 0 Å². The van der Waals surface area contributed by atoms with Crippen molar-refractivity contribution in [3.63, 3.8) is 0 Å². The van der Waals surface area contributed by atoms with Gasteiger partial charge in [0, 0.05) is 31.4 Å². The van der Waals surface area contributed by atoms with E-state index in [1.807, 2.05) is 13.1 Å². The summed E-state index contributed by atoms with van der Waals surface area (Å²) in [5.41, 5.74) is 3.49. The Labute approximate surface area is 169 Å². The standard InChI is InChI=1S/C25H34N2O/c1-4-23(28)27-15-13-25(3)21-11-12-24(2)19(17-6-5-14-26-16-17)8-9-20(24)18(21)7-10-22(25)27/h5-6,8,14,16,18,20-22H,4,7,9-13,15H2,1-3H3/t18-,20-,21?,22?,24+,25+/m0/s1. The lowest BCUT2D eigenvalue weighted by molar-refractivity contribution is -0.136. The van der Waals surface area contributed by atoms with Gasteiger partial charge in [-0.2, -0.15) is 0 Å². The number of likely N-dealkylation sites (tertiary alicyclic amines) is 1. The van der Waals surface area contributed by atoms with Crippen LogP contribution in [0.5, 0.6) is 0 Å². The molecule has 150 valence electrons. The van der Waals surface area contributed by atoms with Crippen molar-refractivity contribution in [1.29, 1.82) is 0 Å². The van der Waals surface area contributed by atoms with E-state index < -0.39 is 0 Å². The maximum absolute atomic E-state index is 12.5. The predicted octanol–water partition coefficient (Wildman–Crippen LogP) is 5.33. The highest BCUT2D eigenvalue weighted by atomic mass is 16.2. The van der Waals surface area contributed by atoms with E-state index in [1.54, 1.807) is 5.57 Å². The topological polar surface area (TPSA) is 33.2 Å². The normalized spacial score (nSPS) is 41.8. The van der Waals surface area contributed by atoms with E-state index >= 15 is 0 Å². The van der Waals surface area contributed by atoms with E-state index in [1.165, 1.54) is 44.1 Å². The maximum Gasteiger partial charge on any atom is 0.222 e. The molecule has 2 heterocycles. The summed E-state index contributed by atoms with van der Waals surface area (Å²) in [7, 11) is 0. The van der Waals surface area contributed by atoms with Crippen LogP contribution in [0.4, 0.5) is 0 Å². The van der Waals surface area contributed by atoms with Crippen molar-refractivity contribution < 1.29 is 4.79 Å². The zero-order valence-corrected chi connectivity index (χ0v) is 17.7. The third-order valence-corrected chi connectivity index (χ3v) is 9.26. The lowest BCUT2D eigenvalue weighted by atomic mass is 9.48. The highest BCUT2D eigenvalue weighted by molar-refractivity contribution is 5.76. The molecule has 0 spiro atoms. The van der Waals surface area contributed by atoms with E-state index in [0.29, 0.717) is 29.2 Å². The second-order valence-corrected chi connectivity index (χ2v) is 10.2. The average molecular weight is 379 g/mol. The van der Waals surface area contributed by atoms with E-state index in [-0.39, 0.29) is 0 Å². The van der Waals surface area contributed by atoms with Crippen LogP contribution in [0, 0.1) is 28.6 Å². The highest BCUT2D eigenvalue weighted by Crippen LogP contribution is 2.66. The number of fused-ring (bicyclic) bond motifs is 5. The second-order valence-electron chi connectivity index (χ2n) is 10.2. The van der Waals surface area contributed by atoms with Gasteiger partial charge in [0.05, 0.1) is 0 Å². The van der Waals surface area contributed by atoms with Gasteiger partial charge in [-0.3, -0.25) is 9.78 Å². The summed E-state index contributed by atoms with van der Waals surface area (Å²) in [5, 5.41) is 0. The number of pyridine rings is 1. The summed E-state index contributed by atoms with van der Waals surface area (Å²) in [6.45, 7) is 8.04. The molecule has 2 saturated carbocycles. The smallest absolute Gasteiger partial charge is 0.222 e. The molecular weight excluding hydrogens is 344 g/mol. The Balaban J connectivity index is 1.42. The van der Waals surface area contributed by atoms with Crippen LogP contribution in [0.2, 0.25) is 0 Å². The SMILES string of the molecule is CCC(=O)N1CC[C@]2(C)C3CC[C@]4(C)C(c5cccnc5)=CC[C@H]4[C@@H]3CCC12. The molecule has 2 unspecified atom stereocenters. The number of amides is 1. The number of rotatable bonds is 2. The quantitative estimate of drug-likeness (QED) is 0.697. The molecule has 0 aromatic carbocycles. The Morgan fingerprint density at radius 3 is 2.82 bits per heavy atom. The van der Waals surface area contributed by atoms with Crippen LogP contribution in [-0.4, -0.2) is 28.4 Å². The molecule has 28 heavy (non-hydrogen) atoms. The zero-order valence-electron chi connectivity index (χ0n) is 17.7. The van der Waals surface area contributed by atoms with Crippen molar-refractivity contribution >= 4 is 11.5 Å². The van der Waals surface area contributed by atoms with Crippen molar-refractivity contribution in [3.05, 3.63) is 36.2 Å². The third-order valence-electron chi connectivity index (χ3n) is 9.26. The fraction of sp³-hybridized carbons (Fsp3) is 0.680. The number of nitrogens with zero attached hydrogens (tertiary/aromatic N) is 2.